The highest BCUT2D eigenvalue weighted by atomic mass is 16.5. The lowest BCUT2D eigenvalue weighted by Crippen LogP contribution is -2.18. The highest BCUT2D eigenvalue weighted by molar-refractivity contribution is 6.01. The van der Waals surface area contributed by atoms with E-state index in [0.717, 1.165) is 16.9 Å². The van der Waals surface area contributed by atoms with Crippen LogP contribution in [-0.2, 0) is 0 Å². The monoisotopic (exact) mass is 302 g/mol. The molecule has 0 aliphatic rings. The first-order valence-electron chi connectivity index (χ1n) is 7.37. The van der Waals surface area contributed by atoms with Gasteiger partial charge in [0.05, 0.1) is 6.61 Å². The average molecular weight is 302 g/mol. The molecule has 0 atom stereocenters. The van der Waals surface area contributed by atoms with Gasteiger partial charge in [-0.05, 0) is 17.9 Å². The molecule has 0 spiro atoms. The lowest BCUT2D eigenvalue weighted by Gasteiger charge is -2.19. The molecule has 0 saturated heterocycles. The summed E-state index contributed by atoms with van der Waals surface area (Å²) in [7, 11) is 0. The maximum atomic E-state index is 9.43. The summed E-state index contributed by atoms with van der Waals surface area (Å²) in [5, 5.41) is 16.9. The summed E-state index contributed by atoms with van der Waals surface area (Å²) >= 11 is 0. The number of benzene rings is 1. The van der Waals surface area contributed by atoms with E-state index in [4.69, 9.17) is 4.74 Å². The van der Waals surface area contributed by atoms with Crippen molar-refractivity contribution in [2.75, 3.05) is 6.61 Å². The van der Waals surface area contributed by atoms with Crippen molar-refractivity contribution < 1.29 is 9.94 Å². The molecule has 0 amide bonds. The van der Waals surface area contributed by atoms with Gasteiger partial charge < -0.3 is 9.94 Å². The minimum atomic E-state index is 0.207. The third kappa shape index (κ3) is 3.44. The summed E-state index contributed by atoms with van der Waals surface area (Å²) < 4.78 is 7.37. The molecule has 0 fully saturated rings. The lowest BCUT2D eigenvalue weighted by atomic mass is 9.95. The zero-order chi connectivity index (χ0) is 16.1. The van der Waals surface area contributed by atoms with Crippen LogP contribution in [0.1, 0.15) is 44.7 Å². The van der Waals surface area contributed by atoms with E-state index in [9.17, 15) is 5.21 Å². The van der Waals surface area contributed by atoms with Crippen molar-refractivity contribution >= 4 is 5.84 Å². The Balaban J connectivity index is 2.49. The second-order valence-corrected chi connectivity index (χ2v) is 5.84. The third-order valence-corrected chi connectivity index (χ3v) is 3.19. The van der Waals surface area contributed by atoms with Crippen molar-refractivity contribution in [2.24, 2.45) is 11.1 Å². The molecule has 0 aliphatic heterocycles. The van der Waals surface area contributed by atoms with Gasteiger partial charge in [0.25, 0.3) is 0 Å². The molecule has 0 bridgehead atoms. The molecule has 1 N–H and O–H groups in total. The number of hydrogen-bond donors (Lipinski definition) is 1. The summed E-state index contributed by atoms with van der Waals surface area (Å²) in [6.07, 6.45) is 2.90. The number of rotatable bonds is 5. The second-order valence-electron chi connectivity index (χ2n) is 5.84. The predicted octanol–water partition coefficient (Wildman–Crippen LogP) is 3.12. The van der Waals surface area contributed by atoms with E-state index in [1.807, 2.05) is 18.2 Å². The van der Waals surface area contributed by atoms with Crippen LogP contribution in [0.15, 0.2) is 36.0 Å². The molecule has 2 aromatic rings. The fraction of sp³-hybridized carbons (Fsp3) is 0.438. The zero-order valence-electron chi connectivity index (χ0n) is 13.4. The van der Waals surface area contributed by atoms with E-state index in [1.165, 1.54) is 17.3 Å². The van der Waals surface area contributed by atoms with Gasteiger partial charge >= 0.3 is 0 Å². The van der Waals surface area contributed by atoms with Crippen molar-refractivity contribution in [1.29, 1.82) is 0 Å². The molecular formula is C16H22N4O2. The summed E-state index contributed by atoms with van der Waals surface area (Å²) in [6, 6.07) is 5.73. The zero-order valence-corrected chi connectivity index (χ0v) is 13.4. The number of hydrogen-bond acceptors (Lipinski definition) is 5. The first-order valence-corrected chi connectivity index (χ1v) is 7.37. The van der Waals surface area contributed by atoms with E-state index in [0.29, 0.717) is 18.4 Å². The minimum Gasteiger partial charge on any atom is -0.493 e. The Bertz CT molecular complexity index is 634. The van der Waals surface area contributed by atoms with Gasteiger partial charge in [-0.3, -0.25) is 0 Å². The summed E-state index contributed by atoms with van der Waals surface area (Å²) in [5.74, 6) is 1.78. The normalized spacial score (nSPS) is 12.2. The SMILES string of the molecule is CC(C)COc1cccc(C(=NO)n2cncn2)c1C(C)C. The molecule has 1 aromatic carbocycles. The van der Waals surface area contributed by atoms with Crippen LogP contribution in [0, 0.1) is 5.92 Å². The largest absolute Gasteiger partial charge is 0.493 e. The smallest absolute Gasteiger partial charge is 0.201 e. The molecule has 6 nitrogen and oxygen atoms in total. The van der Waals surface area contributed by atoms with Gasteiger partial charge in [-0.2, -0.15) is 9.78 Å². The topological polar surface area (TPSA) is 72.5 Å². The van der Waals surface area contributed by atoms with Crippen molar-refractivity contribution in [1.82, 2.24) is 14.8 Å². The Kier molecular flexibility index (Phi) is 5.14. The van der Waals surface area contributed by atoms with Crippen molar-refractivity contribution in [3.05, 3.63) is 42.0 Å². The van der Waals surface area contributed by atoms with Crippen LogP contribution in [0.5, 0.6) is 5.75 Å². The molecule has 0 unspecified atom stereocenters. The molecular weight excluding hydrogens is 280 g/mol. The van der Waals surface area contributed by atoms with Crippen LogP contribution in [0.3, 0.4) is 0 Å². The molecule has 22 heavy (non-hydrogen) atoms. The highest BCUT2D eigenvalue weighted by Gasteiger charge is 2.19. The Morgan fingerprint density at radius 3 is 2.64 bits per heavy atom. The Morgan fingerprint density at radius 2 is 2.09 bits per heavy atom. The van der Waals surface area contributed by atoms with E-state index in [-0.39, 0.29) is 5.92 Å². The van der Waals surface area contributed by atoms with Crippen LogP contribution in [0.2, 0.25) is 0 Å². The molecule has 0 saturated carbocycles. The van der Waals surface area contributed by atoms with Crippen LogP contribution < -0.4 is 4.74 Å². The van der Waals surface area contributed by atoms with Gasteiger partial charge in [-0.15, -0.1) is 0 Å². The fourth-order valence-corrected chi connectivity index (χ4v) is 2.26. The Hall–Kier alpha value is -2.37. The fourth-order valence-electron chi connectivity index (χ4n) is 2.26. The molecule has 6 heteroatoms. The lowest BCUT2D eigenvalue weighted by molar-refractivity contribution is 0.267. The van der Waals surface area contributed by atoms with Crippen molar-refractivity contribution in [3.63, 3.8) is 0 Å². The summed E-state index contributed by atoms with van der Waals surface area (Å²) in [6.45, 7) is 9.01. The van der Waals surface area contributed by atoms with E-state index in [1.54, 1.807) is 0 Å². The quantitative estimate of drug-likeness (QED) is 0.398. The van der Waals surface area contributed by atoms with Crippen LogP contribution >= 0.6 is 0 Å². The second kappa shape index (κ2) is 7.06. The molecule has 118 valence electrons. The average Bonchev–Trinajstić information content (AvgIpc) is 2.99. The van der Waals surface area contributed by atoms with E-state index < -0.39 is 0 Å². The van der Waals surface area contributed by atoms with Gasteiger partial charge in [0.15, 0.2) is 0 Å². The highest BCUT2D eigenvalue weighted by Crippen LogP contribution is 2.31. The molecule has 2 rings (SSSR count). The standard InChI is InChI=1S/C16H22N4O2/c1-11(2)8-22-14-7-5-6-13(15(14)12(3)4)16(19-21)20-10-17-9-18-20/h5-7,9-12,21H,8H2,1-4H3. The number of ether oxygens (including phenoxy) is 1. The van der Waals surface area contributed by atoms with Gasteiger partial charge in [0, 0.05) is 11.1 Å². The van der Waals surface area contributed by atoms with Crippen LogP contribution in [-0.4, -0.2) is 32.4 Å². The Labute approximate surface area is 130 Å². The third-order valence-electron chi connectivity index (χ3n) is 3.19. The predicted molar refractivity (Wildman–Crippen MR) is 84.6 cm³/mol. The van der Waals surface area contributed by atoms with Gasteiger partial charge in [-0.1, -0.05) is 45.0 Å². The maximum Gasteiger partial charge on any atom is 0.201 e. The minimum absolute atomic E-state index is 0.207. The first kappa shape index (κ1) is 16.0. The number of oxime groups is 1. The van der Waals surface area contributed by atoms with Crippen molar-refractivity contribution in [2.45, 2.75) is 33.6 Å². The maximum absolute atomic E-state index is 9.43. The molecule has 1 heterocycles. The van der Waals surface area contributed by atoms with Gasteiger partial charge in [0.2, 0.25) is 5.84 Å². The summed E-state index contributed by atoms with van der Waals surface area (Å²) in [4.78, 5) is 3.90. The Morgan fingerprint density at radius 1 is 1.32 bits per heavy atom. The summed E-state index contributed by atoms with van der Waals surface area (Å²) in [5.41, 5.74) is 1.77. The van der Waals surface area contributed by atoms with Crippen LogP contribution in [0.25, 0.3) is 0 Å². The van der Waals surface area contributed by atoms with Gasteiger partial charge in [0.1, 0.15) is 18.4 Å². The molecule has 1 aromatic heterocycles. The van der Waals surface area contributed by atoms with Crippen LogP contribution in [0.4, 0.5) is 0 Å². The van der Waals surface area contributed by atoms with Crippen molar-refractivity contribution in [3.8, 4) is 5.75 Å². The van der Waals surface area contributed by atoms with E-state index >= 15 is 0 Å². The molecule has 0 aliphatic carbocycles. The molecule has 0 radical (unpaired) electrons. The number of nitrogens with zero attached hydrogens (tertiary/aromatic N) is 4. The first-order chi connectivity index (χ1) is 10.5. The number of aromatic nitrogens is 3. The van der Waals surface area contributed by atoms with Gasteiger partial charge in [-0.25, -0.2) is 4.98 Å². The van der Waals surface area contributed by atoms with E-state index in [2.05, 4.69) is 42.9 Å².